The predicted molar refractivity (Wildman–Crippen MR) is 137 cm³/mol. The van der Waals surface area contributed by atoms with Crippen molar-refractivity contribution in [1.29, 1.82) is 0 Å². The van der Waals surface area contributed by atoms with Gasteiger partial charge in [0.05, 0.1) is 24.4 Å². The smallest absolute Gasteiger partial charge is 0.291 e. The van der Waals surface area contributed by atoms with Gasteiger partial charge in [-0.1, -0.05) is 6.07 Å². The molecule has 1 fully saturated rings. The number of fused-ring (bicyclic) bond motifs is 2. The van der Waals surface area contributed by atoms with Crippen LogP contribution in [0.15, 0.2) is 41.8 Å². The molecule has 4 heterocycles. The lowest BCUT2D eigenvalue weighted by Crippen LogP contribution is -2.32. The Morgan fingerprint density at radius 3 is 2.87 bits per heavy atom. The number of hydrogen-bond acceptors (Lipinski definition) is 8. The summed E-state index contributed by atoms with van der Waals surface area (Å²) in [4.78, 5) is 22.3. The highest BCUT2D eigenvalue weighted by atomic mass is 19.1. The third-order valence-corrected chi connectivity index (χ3v) is 7.04. The zero-order chi connectivity index (χ0) is 26.4. The molecule has 1 aromatic carbocycles. The van der Waals surface area contributed by atoms with E-state index in [-0.39, 0.29) is 35.3 Å². The van der Waals surface area contributed by atoms with E-state index in [1.165, 1.54) is 31.6 Å². The number of carbonyl (C=O) groups excluding carboxylic acids is 1. The normalized spacial score (nSPS) is 16.8. The number of aryl methyl sites for hydroxylation is 1. The molecule has 0 saturated heterocycles. The molecule has 2 aliphatic rings. The molecule has 1 saturated carbocycles. The van der Waals surface area contributed by atoms with Crippen molar-refractivity contribution in [2.24, 2.45) is 16.8 Å². The lowest BCUT2D eigenvalue weighted by atomic mass is 10.0. The second kappa shape index (κ2) is 9.41. The Labute approximate surface area is 217 Å². The molecule has 13 heteroatoms. The molecule has 0 bridgehead atoms. The summed E-state index contributed by atoms with van der Waals surface area (Å²) >= 11 is 0. The number of nitrogens with one attached hydrogen (secondary N) is 1. The van der Waals surface area contributed by atoms with Gasteiger partial charge < -0.3 is 20.3 Å². The molecule has 0 radical (unpaired) electrons. The maximum Gasteiger partial charge on any atom is 0.291 e. The summed E-state index contributed by atoms with van der Waals surface area (Å²) in [5.74, 6) is 11.2. The summed E-state index contributed by atoms with van der Waals surface area (Å²) in [6.07, 6.45) is 8.58. The summed E-state index contributed by atoms with van der Waals surface area (Å²) < 4.78 is 23.9. The Balaban J connectivity index is 1.21. The Hall–Kier alpha value is -4.52. The van der Waals surface area contributed by atoms with Gasteiger partial charge in [0, 0.05) is 31.0 Å². The number of imidazole rings is 1. The number of pyridine rings is 1. The van der Waals surface area contributed by atoms with Crippen molar-refractivity contribution in [3.63, 3.8) is 0 Å². The minimum atomic E-state index is -0.664. The molecule has 4 aromatic rings. The van der Waals surface area contributed by atoms with Gasteiger partial charge in [0.1, 0.15) is 17.8 Å². The van der Waals surface area contributed by atoms with Crippen LogP contribution >= 0.6 is 0 Å². The second-order valence-electron chi connectivity index (χ2n) is 9.46. The topological polar surface area (TPSA) is 154 Å². The van der Waals surface area contributed by atoms with Crippen LogP contribution in [0.3, 0.4) is 0 Å². The molecule has 0 spiro atoms. The fraction of sp³-hybridized carbons (Fsp3) is 0.320. The molecule has 1 unspecified atom stereocenters. The molecular weight excluding hydrogens is 491 g/mol. The number of hydrazone groups is 1. The molecule has 1 amide bonds. The third kappa shape index (κ3) is 4.20. The fourth-order valence-electron chi connectivity index (χ4n) is 4.93. The first kappa shape index (κ1) is 23.9. The summed E-state index contributed by atoms with van der Waals surface area (Å²) in [5.41, 5.74) is 3.46. The van der Waals surface area contributed by atoms with E-state index in [0.29, 0.717) is 18.3 Å². The van der Waals surface area contributed by atoms with Crippen molar-refractivity contribution in [3.8, 4) is 5.75 Å². The van der Waals surface area contributed by atoms with Gasteiger partial charge in [-0.15, -0.1) is 5.10 Å². The van der Waals surface area contributed by atoms with E-state index in [4.69, 9.17) is 21.4 Å². The maximum absolute atomic E-state index is 15.0. The summed E-state index contributed by atoms with van der Waals surface area (Å²) in [7, 11) is 1.35. The standard InChI is InChI=1S/C25H27FN10O2/c1-38-20-6-5-19(35(28)13-30-27)17(22(20)26)10-29-25(37)23-32-24-16(8-9-36(24)33-23)18-12-34-11-15(14-2-3-14)4-7-21(34)31-18/h4-7,11-14,16H,2-3,8-10,27-28H2,1H3,(H,29,37)/b30-13-. The summed E-state index contributed by atoms with van der Waals surface area (Å²) in [6, 6.07) is 7.16. The van der Waals surface area contributed by atoms with E-state index in [1.54, 1.807) is 10.7 Å². The average molecular weight is 519 g/mol. The van der Waals surface area contributed by atoms with Crippen LogP contribution in [0.5, 0.6) is 5.75 Å². The molecule has 5 N–H and O–H groups in total. The highest BCUT2D eigenvalue weighted by Crippen LogP contribution is 2.40. The minimum Gasteiger partial charge on any atom is -0.494 e. The summed E-state index contributed by atoms with van der Waals surface area (Å²) in [6.45, 7) is 0.434. The molecule has 3 aromatic heterocycles. The Kier molecular flexibility index (Phi) is 5.91. The van der Waals surface area contributed by atoms with Gasteiger partial charge >= 0.3 is 0 Å². The van der Waals surface area contributed by atoms with Crippen LogP contribution in [0, 0.1) is 5.82 Å². The van der Waals surface area contributed by atoms with Gasteiger partial charge in [0.15, 0.2) is 11.6 Å². The lowest BCUT2D eigenvalue weighted by molar-refractivity contribution is 0.0939. The van der Waals surface area contributed by atoms with Crippen LogP contribution in [-0.4, -0.2) is 43.5 Å². The number of ether oxygens (including phenoxy) is 1. The predicted octanol–water partition coefficient (Wildman–Crippen LogP) is 2.00. The number of benzene rings is 1. The number of halogens is 1. The number of hydrazine groups is 1. The molecule has 1 aliphatic carbocycles. The van der Waals surface area contributed by atoms with Crippen molar-refractivity contribution in [3.05, 3.63) is 70.9 Å². The monoisotopic (exact) mass is 518 g/mol. The number of methoxy groups -OCH3 is 1. The second-order valence-corrected chi connectivity index (χ2v) is 9.46. The molecule has 12 nitrogen and oxygen atoms in total. The quantitative estimate of drug-likeness (QED) is 0.139. The van der Waals surface area contributed by atoms with Gasteiger partial charge in [-0.3, -0.25) is 9.80 Å². The van der Waals surface area contributed by atoms with Crippen molar-refractivity contribution < 1.29 is 13.9 Å². The Morgan fingerprint density at radius 1 is 1.26 bits per heavy atom. The van der Waals surface area contributed by atoms with Crippen LogP contribution in [0.2, 0.25) is 0 Å². The Morgan fingerprint density at radius 2 is 2.11 bits per heavy atom. The highest BCUT2D eigenvalue weighted by molar-refractivity contribution is 5.90. The first-order valence-corrected chi connectivity index (χ1v) is 12.3. The number of nitrogens with two attached hydrogens (primary N) is 2. The molecule has 1 atom stereocenters. The van der Waals surface area contributed by atoms with Gasteiger partial charge in [-0.2, -0.15) is 5.10 Å². The van der Waals surface area contributed by atoms with Crippen LogP contribution in [0.25, 0.3) is 5.65 Å². The van der Waals surface area contributed by atoms with Crippen LogP contribution in [0.4, 0.5) is 10.1 Å². The van der Waals surface area contributed by atoms with Gasteiger partial charge in [-0.25, -0.2) is 24.9 Å². The van der Waals surface area contributed by atoms with Gasteiger partial charge in [0.25, 0.3) is 5.91 Å². The number of carbonyl (C=O) groups is 1. The summed E-state index contributed by atoms with van der Waals surface area (Å²) in [5, 5.41) is 11.5. The van der Waals surface area contributed by atoms with Crippen LogP contribution in [-0.2, 0) is 13.1 Å². The number of nitrogens with zero attached hydrogens (tertiary/aromatic N) is 7. The van der Waals surface area contributed by atoms with Crippen molar-refractivity contribution >= 4 is 23.6 Å². The Bertz CT molecular complexity index is 1560. The molecule has 38 heavy (non-hydrogen) atoms. The molecule has 196 valence electrons. The number of anilines is 1. The van der Waals surface area contributed by atoms with Crippen molar-refractivity contribution in [2.75, 3.05) is 12.1 Å². The van der Waals surface area contributed by atoms with E-state index >= 15 is 4.39 Å². The van der Waals surface area contributed by atoms with E-state index in [0.717, 1.165) is 29.1 Å². The number of amides is 1. The third-order valence-electron chi connectivity index (χ3n) is 7.04. The van der Waals surface area contributed by atoms with E-state index in [9.17, 15) is 4.79 Å². The fourth-order valence-corrected chi connectivity index (χ4v) is 4.93. The van der Waals surface area contributed by atoms with E-state index in [2.05, 4.69) is 37.2 Å². The molecular formula is C25H27FN10O2. The van der Waals surface area contributed by atoms with Gasteiger partial charge in [-0.05, 0) is 48.9 Å². The first-order chi connectivity index (χ1) is 18.5. The first-order valence-electron chi connectivity index (χ1n) is 12.3. The van der Waals surface area contributed by atoms with Crippen molar-refractivity contribution in [1.82, 2.24) is 29.5 Å². The SMILES string of the molecule is COc1ccc(N(N)/C=N\N)c(CNC(=O)c2nc3n(n2)CCC3c2cn3cc(C4CC4)ccc3n2)c1F. The largest absolute Gasteiger partial charge is 0.494 e. The zero-order valence-corrected chi connectivity index (χ0v) is 20.7. The van der Waals surface area contributed by atoms with E-state index in [1.807, 2.05) is 12.3 Å². The molecule has 6 rings (SSSR count). The number of aromatic nitrogens is 5. The molecule has 1 aliphatic heterocycles. The van der Waals surface area contributed by atoms with Crippen LogP contribution < -0.4 is 26.7 Å². The average Bonchev–Trinajstić information content (AvgIpc) is 3.36. The minimum absolute atomic E-state index is 0.00228. The highest BCUT2D eigenvalue weighted by Gasteiger charge is 2.32. The van der Waals surface area contributed by atoms with Crippen molar-refractivity contribution in [2.45, 2.75) is 44.2 Å². The van der Waals surface area contributed by atoms with E-state index < -0.39 is 11.7 Å². The van der Waals surface area contributed by atoms with Crippen LogP contribution in [0.1, 0.15) is 64.4 Å². The lowest BCUT2D eigenvalue weighted by Gasteiger charge is -2.19. The van der Waals surface area contributed by atoms with Gasteiger partial charge in [0.2, 0.25) is 5.82 Å². The number of rotatable bonds is 8. The zero-order valence-electron chi connectivity index (χ0n) is 20.7. The number of hydrogen-bond donors (Lipinski definition) is 3. The maximum atomic E-state index is 15.0.